The number of nitrogens with one attached hydrogen (secondary N) is 1. The van der Waals surface area contributed by atoms with Crippen LogP contribution in [0.4, 0.5) is 0 Å². The van der Waals surface area contributed by atoms with Gasteiger partial charge < -0.3 is 14.8 Å². The quantitative estimate of drug-likeness (QED) is 0.871. The number of hydrogen-bond acceptors (Lipinski definition) is 4. The summed E-state index contributed by atoms with van der Waals surface area (Å²) in [6, 6.07) is 9.26. The molecule has 2 heterocycles. The van der Waals surface area contributed by atoms with Crippen LogP contribution in [-0.4, -0.2) is 50.3 Å². The number of nitrogens with zero attached hydrogens (tertiary/aromatic N) is 1. The first kappa shape index (κ1) is 14.7. The van der Waals surface area contributed by atoms with E-state index in [-0.39, 0.29) is 0 Å². The smallest absolute Gasteiger partial charge is 0.161 e. The van der Waals surface area contributed by atoms with Gasteiger partial charge in [0, 0.05) is 18.6 Å². The normalized spacial score (nSPS) is 26.1. The van der Waals surface area contributed by atoms with E-state index in [1.807, 2.05) is 24.3 Å². The predicted molar refractivity (Wildman–Crippen MR) is 84.1 cm³/mol. The lowest BCUT2D eigenvalue weighted by molar-refractivity contribution is 0.172. The Kier molecular flexibility index (Phi) is 4.99. The minimum absolute atomic E-state index is 0.693. The fourth-order valence-corrected chi connectivity index (χ4v) is 3.64. The predicted octanol–water partition coefficient (Wildman–Crippen LogP) is 2.29. The number of ether oxygens (including phenoxy) is 2. The summed E-state index contributed by atoms with van der Waals surface area (Å²) >= 11 is 0. The lowest BCUT2D eigenvalue weighted by Crippen LogP contribution is -2.45. The van der Waals surface area contributed by atoms with Gasteiger partial charge in [-0.15, -0.1) is 0 Å². The number of methoxy groups -OCH3 is 1. The molecule has 3 rings (SSSR count). The molecule has 1 aromatic carbocycles. The van der Waals surface area contributed by atoms with Crippen LogP contribution in [0.3, 0.4) is 0 Å². The molecule has 2 atom stereocenters. The highest BCUT2D eigenvalue weighted by Crippen LogP contribution is 2.27. The van der Waals surface area contributed by atoms with Crippen LogP contribution in [0.25, 0.3) is 0 Å². The molecule has 116 valence electrons. The average molecular weight is 290 g/mol. The van der Waals surface area contributed by atoms with Gasteiger partial charge in [0.2, 0.25) is 0 Å². The minimum atomic E-state index is 0.693. The summed E-state index contributed by atoms with van der Waals surface area (Å²) in [5.74, 6) is 1.66. The van der Waals surface area contributed by atoms with E-state index >= 15 is 0 Å². The largest absolute Gasteiger partial charge is 0.493 e. The van der Waals surface area contributed by atoms with Gasteiger partial charge in [-0.2, -0.15) is 0 Å². The summed E-state index contributed by atoms with van der Waals surface area (Å²) in [6.07, 6.45) is 5.30. The van der Waals surface area contributed by atoms with Gasteiger partial charge in [-0.05, 0) is 50.9 Å². The second-order valence-corrected chi connectivity index (χ2v) is 5.95. The highest BCUT2D eigenvalue weighted by atomic mass is 16.5. The van der Waals surface area contributed by atoms with Gasteiger partial charge in [-0.25, -0.2) is 0 Å². The summed E-state index contributed by atoms with van der Waals surface area (Å²) in [4.78, 5) is 2.60. The Bertz CT molecular complexity index is 446. The van der Waals surface area contributed by atoms with Crippen molar-refractivity contribution in [3.8, 4) is 11.5 Å². The molecule has 21 heavy (non-hydrogen) atoms. The van der Waals surface area contributed by atoms with Crippen molar-refractivity contribution in [3.63, 3.8) is 0 Å². The Morgan fingerprint density at radius 2 is 2.05 bits per heavy atom. The van der Waals surface area contributed by atoms with E-state index in [1.54, 1.807) is 7.11 Å². The summed E-state index contributed by atoms with van der Waals surface area (Å²) < 4.78 is 11.2. The molecule has 0 aliphatic carbocycles. The molecule has 0 amide bonds. The van der Waals surface area contributed by atoms with Crippen molar-refractivity contribution in [3.05, 3.63) is 24.3 Å². The van der Waals surface area contributed by atoms with Crippen molar-refractivity contribution in [2.75, 3.05) is 33.4 Å². The highest BCUT2D eigenvalue weighted by molar-refractivity contribution is 5.39. The fraction of sp³-hybridized carbons (Fsp3) is 0.647. The Morgan fingerprint density at radius 3 is 2.81 bits per heavy atom. The maximum atomic E-state index is 5.91. The number of likely N-dealkylation sites (tertiary alicyclic amines) is 1. The van der Waals surface area contributed by atoms with E-state index in [4.69, 9.17) is 9.47 Å². The molecule has 0 bridgehead atoms. The molecule has 4 heteroatoms. The first-order valence-corrected chi connectivity index (χ1v) is 8.12. The van der Waals surface area contributed by atoms with Gasteiger partial charge >= 0.3 is 0 Å². The Morgan fingerprint density at radius 1 is 1.19 bits per heavy atom. The van der Waals surface area contributed by atoms with Crippen LogP contribution in [0.2, 0.25) is 0 Å². The average Bonchev–Trinajstić information content (AvgIpc) is 3.18. The highest BCUT2D eigenvalue weighted by Gasteiger charge is 2.32. The maximum Gasteiger partial charge on any atom is 0.161 e. The van der Waals surface area contributed by atoms with Crippen LogP contribution >= 0.6 is 0 Å². The summed E-state index contributed by atoms with van der Waals surface area (Å²) in [7, 11) is 1.68. The van der Waals surface area contributed by atoms with Crippen molar-refractivity contribution in [1.29, 1.82) is 0 Å². The molecule has 2 aliphatic rings. The third kappa shape index (κ3) is 3.50. The number of para-hydroxylation sites is 2. The van der Waals surface area contributed by atoms with E-state index in [1.165, 1.54) is 38.8 Å². The molecule has 0 radical (unpaired) electrons. The van der Waals surface area contributed by atoms with Gasteiger partial charge in [0.25, 0.3) is 0 Å². The number of rotatable bonds is 6. The second kappa shape index (κ2) is 7.14. The topological polar surface area (TPSA) is 33.7 Å². The van der Waals surface area contributed by atoms with E-state index in [0.717, 1.165) is 24.7 Å². The van der Waals surface area contributed by atoms with Crippen LogP contribution in [0, 0.1) is 0 Å². The second-order valence-electron chi connectivity index (χ2n) is 5.95. The molecular formula is C17H26N2O2. The van der Waals surface area contributed by atoms with Crippen LogP contribution < -0.4 is 14.8 Å². The Labute approximate surface area is 127 Å². The Hall–Kier alpha value is -1.26. The molecule has 2 saturated heterocycles. The SMILES string of the molecule is COc1ccccc1OCCN1CCCC1C1CCCN1. The molecule has 4 nitrogen and oxygen atoms in total. The van der Waals surface area contributed by atoms with Gasteiger partial charge in [-0.1, -0.05) is 12.1 Å². The summed E-state index contributed by atoms with van der Waals surface area (Å²) in [5.41, 5.74) is 0. The van der Waals surface area contributed by atoms with Gasteiger partial charge in [0.05, 0.1) is 7.11 Å². The zero-order valence-electron chi connectivity index (χ0n) is 12.9. The van der Waals surface area contributed by atoms with Gasteiger partial charge in [0.1, 0.15) is 6.61 Å². The maximum absolute atomic E-state index is 5.91. The van der Waals surface area contributed by atoms with Crippen molar-refractivity contribution in [1.82, 2.24) is 10.2 Å². The van der Waals surface area contributed by atoms with Gasteiger partial charge in [-0.3, -0.25) is 4.90 Å². The molecule has 2 unspecified atom stereocenters. The molecule has 0 saturated carbocycles. The number of hydrogen-bond donors (Lipinski definition) is 1. The van der Waals surface area contributed by atoms with E-state index < -0.39 is 0 Å². The standard InChI is InChI=1S/C17H26N2O2/c1-20-16-8-2-3-9-17(16)21-13-12-19-11-5-7-15(19)14-6-4-10-18-14/h2-3,8-9,14-15,18H,4-7,10-13H2,1H3. The molecular weight excluding hydrogens is 264 g/mol. The van der Waals surface area contributed by atoms with Crippen molar-refractivity contribution in [2.45, 2.75) is 37.8 Å². The van der Waals surface area contributed by atoms with Crippen molar-refractivity contribution >= 4 is 0 Å². The minimum Gasteiger partial charge on any atom is -0.493 e. The van der Waals surface area contributed by atoms with Crippen molar-refractivity contribution < 1.29 is 9.47 Å². The monoisotopic (exact) mass is 290 g/mol. The van der Waals surface area contributed by atoms with Crippen LogP contribution in [0.1, 0.15) is 25.7 Å². The van der Waals surface area contributed by atoms with E-state index in [0.29, 0.717) is 12.1 Å². The van der Waals surface area contributed by atoms with E-state index in [2.05, 4.69) is 10.2 Å². The third-order valence-electron chi connectivity index (χ3n) is 4.68. The summed E-state index contributed by atoms with van der Waals surface area (Å²) in [5, 5.41) is 3.65. The third-order valence-corrected chi connectivity index (χ3v) is 4.68. The molecule has 2 fully saturated rings. The number of benzene rings is 1. The van der Waals surface area contributed by atoms with Crippen LogP contribution in [0.15, 0.2) is 24.3 Å². The molecule has 1 aromatic rings. The molecule has 1 N–H and O–H groups in total. The Balaban J connectivity index is 1.50. The fourth-order valence-electron chi connectivity index (χ4n) is 3.64. The first-order valence-electron chi connectivity index (χ1n) is 8.12. The summed E-state index contributed by atoms with van der Waals surface area (Å²) in [6.45, 7) is 4.12. The van der Waals surface area contributed by atoms with E-state index in [9.17, 15) is 0 Å². The molecule has 2 aliphatic heterocycles. The lowest BCUT2D eigenvalue weighted by Gasteiger charge is -2.29. The van der Waals surface area contributed by atoms with Crippen LogP contribution in [-0.2, 0) is 0 Å². The van der Waals surface area contributed by atoms with Crippen LogP contribution in [0.5, 0.6) is 11.5 Å². The first-order chi connectivity index (χ1) is 10.4. The van der Waals surface area contributed by atoms with Crippen molar-refractivity contribution in [2.24, 2.45) is 0 Å². The zero-order chi connectivity index (χ0) is 14.5. The zero-order valence-corrected chi connectivity index (χ0v) is 12.9. The molecule has 0 aromatic heterocycles. The van der Waals surface area contributed by atoms with Gasteiger partial charge in [0.15, 0.2) is 11.5 Å². The lowest BCUT2D eigenvalue weighted by atomic mass is 10.0. The molecule has 0 spiro atoms.